The van der Waals surface area contributed by atoms with Gasteiger partial charge in [0.25, 0.3) is 0 Å². The minimum atomic E-state index is -0.524. The molecule has 0 saturated heterocycles. The van der Waals surface area contributed by atoms with Gasteiger partial charge >= 0.3 is 0 Å². The van der Waals surface area contributed by atoms with Gasteiger partial charge in [-0.3, -0.25) is 9.59 Å². The molecule has 2 aromatic carbocycles. The number of carbonyl (C=O) groups is 2. The van der Waals surface area contributed by atoms with Crippen molar-refractivity contribution in [2.75, 3.05) is 5.75 Å². The van der Waals surface area contributed by atoms with Crippen LogP contribution < -0.4 is 5.32 Å². The maximum atomic E-state index is 13.1. The molecule has 0 aliphatic carbocycles. The van der Waals surface area contributed by atoms with Crippen LogP contribution in [-0.4, -0.2) is 34.6 Å². The predicted molar refractivity (Wildman–Crippen MR) is 129 cm³/mol. The maximum Gasteiger partial charge on any atom is 0.242 e. The summed E-state index contributed by atoms with van der Waals surface area (Å²) < 4.78 is 0.961. The van der Waals surface area contributed by atoms with Crippen LogP contribution in [0, 0.1) is 0 Å². The van der Waals surface area contributed by atoms with Gasteiger partial charge in [0.15, 0.2) is 0 Å². The minimum absolute atomic E-state index is 0.00217. The average Bonchev–Trinajstić information content (AvgIpc) is 2.75. The van der Waals surface area contributed by atoms with E-state index >= 15 is 0 Å². The van der Waals surface area contributed by atoms with E-state index in [-0.39, 0.29) is 17.9 Å². The Morgan fingerprint density at radius 1 is 1.07 bits per heavy atom. The molecule has 0 unspecified atom stereocenters. The number of nitrogens with one attached hydrogen (secondary N) is 1. The number of hydrogen-bond donors (Lipinski definition) is 1. The highest BCUT2D eigenvalue weighted by atomic mass is 79.9. The van der Waals surface area contributed by atoms with Crippen LogP contribution in [0.4, 0.5) is 0 Å². The molecule has 0 saturated carbocycles. The summed E-state index contributed by atoms with van der Waals surface area (Å²) in [5.74, 6) is 1.50. The molecule has 0 aliphatic heterocycles. The standard InChI is InChI=1S/C24H31BrN2O2S/c1-4-18(2)26-24(29)19(3)27(16-21-11-8-12-22(25)15-21)23(28)13-14-30-17-20-9-6-5-7-10-20/h5-12,15,18-19H,4,13-14,16-17H2,1-3H3,(H,26,29)/t18-,19-/m1/s1. The SMILES string of the molecule is CC[C@@H](C)NC(=O)[C@@H](C)N(Cc1cccc(Br)c1)C(=O)CCSCc1ccccc1. The van der Waals surface area contributed by atoms with Crippen molar-refractivity contribution in [3.63, 3.8) is 0 Å². The second-order valence-corrected chi connectivity index (χ2v) is 9.45. The minimum Gasteiger partial charge on any atom is -0.352 e. The predicted octanol–water partition coefficient (Wildman–Crippen LogP) is 5.40. The molecule has 0 aliphatic rings. The van der Waals surface area contributed by atoms with Gasteiger partial charge in [-0.25, -0.2) is 0 Å². The molecular formula is C24H31BrN2O2S. The van der Waals surface area contributed by atoms with Gasteiger partial charge in [0.1, 0.15) is 6.04 Å². The molecule has 2 rings (SSSR count). The lowest BCUT2D eigenvalue weighted by Crippen LogP contribution is -2.49. The van der Waals surface area contributed by atoms with E-state index in [0.29, 0.717) is 13.0 Å². The number of amides is 2. The van der Waals surface area contributed by atoms with Gasteiger partial charge in [-0.2, -0.15) is 11.8 Å². The molecule has 2 amide bonds. The Balaban J connectivity index is 2.01. The van der Waals surface area contributed by atoms with E-state index in [1.54, 1.807) is 16.7 Å². The van der Waals surface area contributed by atoms with Crippen LogP contribution in [-0.2, 0) is 21.9 Å². The first-order valence-electron chi connectivity index (χ1n) is 10.4. The molecule has 0 aromatic heterocycles. The van der Waals surface area contributed by atoms with E-state index in [1.807, 2.05) is 63.2 Å². The summed E-state index contributed by atoms with van der Waals surface area (Å²) in [6.07, 6.45) is 1.26. The molecule has 1 N–H and O–H groups in total. The van der Waals surface area contributed by atoms with Crippen LogP contribution in [0.1, 0.15) is 44.7 Å². The first kappa shape index (κ1) is 24.5. The smallest absolute Gasteiger partial charge is 0.242 e. The average molecular weight is 491 g/mol. The van der Waals surface area contributed by atoms with Gasteiger partial charge in [-0.05, 0) is 43.5 Å². The topological polar surface area (TPSA) is 49.4 Å². The number of thioether (sulfide) groups is 1. The molecule has 162 valence electrons. The molecule has 2 atom stereocenters. The third kappa shape index (κ3) is 8.15. The Bertz CT molecular complexity index is 816. The van der Waals surface area contributed by atoms with Crippen LogP contribution >= 0.6 is 27.7 Å². The fourth-order valence-corrected chi connectivity index (χ4v) is 4.29. The summed E-state index contributed by atoms with van der Waals surface area (Å²) in [5.41, 5.74) is 2.25. The molecule has 0 spiro atoms. The molecule has 4 nitrogen and oxygen atoms in total. The van der Waals surface area contributed by atoms with Crippen LogP contribution in [0.5, 0.6) is 0 Å². The Labute approximate surface area is 192 Å². The molecule has 2 aromatic rings. The molecule has 0 bridgehead atoms. The van der Waals surface area contributed by atoms with Gasteiger partial charge in [0, 0.05) is 35.0 Å². The molecule has 6 heteroatoms. The maximum absolute atomic E-state index is 13.1. The van der Waals surface area contributed by atoms with Crippen molar-refractivity contribution >= 4 is 39.5 Å². The van der Waals surface area contributed by atoms with E-state index in [2.05, 4.69) is 33.4 Å². The monoisotopic (exact) mass is 490 g/mol. The van der Waals surface area contributed by atoms with Crippen LogP contribution in [0.2, 0.25) is 0 Å². The second-order valence-electron chi connectivity index (χ2n) is 7.43. The molecule has 0 fully saturated rings. The normalized spacial score (nSPS) is 12.8. The highest BCUT2D eigenvalue weighted by molar-refractivity contribution is 9.10. The largest absolute Gasteiger partial charge is 0.352 e. The fraction of sp³-hybridized carbons (Fsp3) is 0.417. The summed E-state index contributed by atoms with van der Waals surface area (Å²) in [5, 5.41) is 3.00. The zero-order chi connectivity index (χ0) is 21.9. The third-order valence-electron chi connectivity index (χ3n) is 4.98. The summed E-state index contributed by atoms with van der Waals surface area (Å²) in [6.45, 7) is 6.23. The van der Waals surface area contributed by atoms with E-state index in [0.717, 1.165) is 28.0 Å². The van der Waals surface area contributed by atoms with E-state index in [9.17, 15) is 9.59 Å². The van der Waals surface area contributed by atoms with Crippen LogP contribution in [0.3, 0.4) is 0 Å². The molecule has 0 heterocycles. The quantitative estimate of drug-likeness (QED) is 0.428. The number of halogens is 1. The lowest BCUT2D eigenvalue weighted by atomic mass is 10.1. The number of rotatable bonds is 11. The zero-order valence-corrected chi connectivity index (χ0v) is 20.3. The van der Waals surface area contributed by atoms with Crippen LogP contribution in [0.15, 0.2) is 59.1 Å². The van der Waals surface area contributed by atoms with Crippen molar-refractivity contribution in [3.05, 3.63) is 70.2 Å². The number of carbonyl (C=O) groups excluding carboxylic acids is 2. The third-order valence-corrected chi connectivity index (χ3v) is 6.51. The summed E-state index contributed by atoms with van der Waals surface area (Å²) >= 11 is 5.22. The van der Waals surface area contributed by atoms with Crippen molar-refractivity contribution in [1.82, 2.24) is 10.2 Å². The first-order valence-corrected chi connectivity index (χ1v) is 12.3. The van der Waals surface area contributed by atoms with Crippen molar-refractivity contribution in [2.24, 2.45) is 0 Å². The van der Waals surface area contributed by atoms with Gasteiger partial charge in [0.05, 0.1) is 0 Å². The lowest BCUT2D eigenvalue weighted by Gasteiger charge is -2.29. The Hall–Kier alpha value is -1.79. The first-order chi connectivity index (χ1) is 14.4. The summed E-state index contributed by atoms with van der Waals surface area (Å²) in [6, 6.07) is 17.7. The molecule has 0 radical (unpaired) electrons. The highest BCUT2D eigenvalue weighted by Gasteiger charge is 2.26. The van der Waals surface area contributed by atoms with Crippen molar-refractivity contribution < 1.29 is 9.59 Å². The van der Waals surface area contributed by atoms with Crippen molar-refractivity contribution in [2.45, 2.75) is 58.0 Å². The van der Waals surface area contributed by atoms with Crippen molar-refractivity contribution in [1.29, 1.82) is 0 Å². The van der Waals surface area contributed by atoms with Gasteiger partial charge in [0.2, 0.25) is 11.8 Å². The van der Waals surface area contributed by atoms with E-state index < -0.39 is 6.04 Å². The number of hydrogen-bond acceptors (Lipinski definition) is 3. The Morgan fingerprint density at radius 3 is 2.43 bits per heavy atom. The van der Waals surface area contributed by atoms with E-state index in [1.165, 1.54) is 5.56 Å². The number of nitrogens with zero attached hydrogens (tertiary/aromatic N) is 1. The van der Waals surface area contributed by atoms with Crippen molar-refractivity contribution in [3.8, 4) is 0 Å². The zero-order valence-electron chi connectivity index (χ0n) is 17.9. The lowest BCUT2D eigenvalue weighted by molar-refractivity contribution is -0.140. The van der Waals surface area contributed by atoms with E-state index in [4.69, 9.17) is 0 Å². The van der Waals surface area contributed by atoms with Gasteiger partial charge < -0.3 is 10.2 Å². The summed E-state index contributed by atoms with van der Waals surface area (Å²) in [4.78, 5) is 27.5. The van der Waals surface area contributed by atoms with Gasteiger partial charge in [-0.1, -0.05) is 65.3 Å². The molecule has 30 heavy (non-hydrogen) atoms. The second kappa shape index (κ2) is 12.8. The number of benzene rings is 2. The summed E-state index contributed by atoms with van der Waals surface area (Å²) in [7, 11) is 0. The van der Waals surface area contributed by atoms with Gasteiger partial charge in [-0.15, -0.1) is 0 Å². The molecular weight excluding hydrogens is 460 g/mol. The highest BCUT2D eigenvalue weighted by Crippen LogP contribution is 2.18. The van der Waals surface area contributed by atoms with Crippen LogP contribution in [0.25, 0.3) is 0 Å². The fourth-order valence-electron chi connectivity index (χ4n) is 2.95. The Morgan fingerprint density at radius 2 is 1.77 bits per heavy atom. The Kier molecular flexibility index (Phi) is 10.4.